The van der Waals surface area contributed by atoms with Crippen molar-refractivity contribution in [1.82, 2.24) is 0 Å². The number of hydrogen-bond donors (Lipinski definition) is 0. The average molecular weight is 122 g/mol. The molecule has 0 spiro atoms. The Labute approximate surface area is 57.0 Å². The molecule has 2 aliphatic rings. The molecule has 2 aliphatic carbocycles. The van der Waals surface area contributed by atoms with Crippen LogP contribution in [-0.2, 0) is 0 Å². The zero-order valence-electron chi connectivity index (χ0n) is 5.90. The van der Waals surface area contributed by atoms with Gasteiger partial charge in [-0.05, 0) is 43.4 Å². The van der Waals surface area contributed by atoms with Crippen LogP contribution in [0.15, 0.2) is 12.7 Å². The van der Waals surface area contributed by atoms with E-state index < -0.39 is 0 Å². The van der Waals surface area contributed by atoms with Crippen LogP contribution in [0.3, 0.4) is 0 Å². The van der Waals surface area contributed by atoms with E-state index in [9.17, 15) is 0 Å². The Morgan fingerprint density at radius 2 is 2.56 bits per heavy atom. The highest BCUT2D eigenvalue weighted by Crippen LogP contribution is 2.69. The van der Waals surface area contributed by atoms with Crippen LogP contribution >= 0.6 is 0 Å². The van der Waals surface area contributed by atoms with Crippen molar-refractivity contribution in [2.24, 2.45) is 11.3 Å². The Morgan fingerprint density at radius 1 is 1.67 bits per heavy atom. The van der Waals surface area contributed by atoms with E-state index in [1.807, 2.05) is 0 Å². The molecule has 0 heteroatoms. The summed E-state index contributed by atoms with van der Waals surface area (Å²) in [5, 5.41) is 0. The third-order valence-electron chi connectivity index (χ3n) is 3.20. The monoisotopic (exact) mass is 122 g/mol. The molecule has 0 nitrogen and oxygen atoms in total. The maximum Gasteiger partial charge on any atom is -0.0263 e. The number of rotatable bonds is 3. The molecule has 9 heavy (non-hydrogen) atoms. The zero-order valence-corrected chi connectivity index (χ0v) is 5.90. The number of fused-ring (bicyclic) bond motifs is 1. The van der Waals surface area contributed by atoms with E-state index in [2.05, 4.69) is 12.7 Å². The fourth-order valence-corrected chi connectivity index (χ4v) is 2.21. The first kappa shape index (κ1) is 5.52. The van der Waals surface area contributed by atoms with Gasteiger partial charge in [0, 0.05) is 0 Å². The topological polar surface area (TPSA) is 0 Å². The summed E-state index contributed by atoms with van der Waals surface area (Å²) in [6.45, 7) is 3.74. The molecule has 0 saturated heterocycles. The van der Waals surface area contributed by atoms with Crippen LogP contribution in [0.5, 0.6) is 0 Å². The highest BCUT2D eigenvalue weighted by Gasteiger charge is 2.59. The Kier molecular flexibility index (Phi) is 0.992. The number of hydrogen-bond acceptors (Lipinski definition) is 0. The predicted molar refractivity (Wildman–Crippen MR) is 39.2 cm³/mol. The smallest absolute Gasteiger partial charge is 0.0263 e. The van der Waals surface area contributed by atoms with Gasteiger partial charge in [0.05, 0.1) is 0 Å². The van der Waals surface area contributed by atoms with E-state index in [0.717, 1.165) is 11.3 Å². The largest absolute Gasteiger partial charge is 0.103 e. The summed E-state index contributed by atoms with van der Waals surface area (Å²) in [7, 11) is 0. The van der Waals surface area contributed by atoms with Gasteiger partial charge in [0.1, 0.15) is 0 Å². The first-order valence-corrected chi connectivity index (χ1v) is 3.98. The molecule has 0 aromatic heterocycles. The lowest BCUT2D eigenvalue weighted by atomic mass is 9.81. The van der Waals surface area contributed by atoms with Gasteiger partial charge in [0.2, 0.25) is 0 Å². The van der Waals surface area contributed by atoms with E-state index in [0.29, 0.717) is 0 Å². The van der Waals surface area contributed by atoms with Crippen LogP contribution in [0.4, 0.5) is 0 Å². The zero-order chi connectivity index (χ0) is 6.32. The van der Waals surface area contributed by atoms with Crippen molar-refractivity contribution in [1.29, 1.82) is 0 Å². The van der Waals surface area contributed by atoms with Crippen molar-refractivity contribution < 1.29 is 0 Å². The Morgan fingerprint density at radius 3 is 2.89 bits per heavy atom. The third-order valence-corrected chi connectivity index (χ3v) is 3.20. The molecule has 2 rings (SSSR count). The van der Waals surface area contributed by atoms with Crippen LogP contribution in [-0.4, -0.2) is 0 Å². The molecule has 50 valence electrons. The molecule has 0 bridgehead atoms. The third kappa shape index (κ3) is 0.654. The van der Waals surface area contributed by atoms with Gasteiger partial charge in [-0.25, -0.2) is 0 Å². The molecule has 0 aromatic carbocycles. The second kappa shape index (κ2) is 1.62. The summed E-state index contributed by atoms with van der Waals surface area (Å²) in [4.78, 5) is 0. The molecule has 0 radical (unpaired) electrons. The van der Waals surface area contributed by atoms with Crippen molar-refractivity contribution in [2.75, 3.05) is 0 Å². The lowest BCUT2D eigenvalue weighted by Crippen LogP contribution is -2.13. The normalized spacial score (nSPS) is 45.1. The minimum absolute atomic E-state index is 0.869. The Hall–Kier alpha value is -0.260. The van der Waals surface area contributed by atoms with E-state index in [1.165, 1.54) is 25.7 Å². The van der Waals surface area contributed by atoms with Gasteiger partial charge >= 0.3 is 0 Å². The Bertz CT molecular complexity index is 133. The van der Waals surface area contributed by atoms with Gasteiger partial charge in [-0.3, -0.25) is 0 Å². The average Bonchev–Trinajstić information content (AvgIpc) is 2.34. The lowest BCUT2D eigenvalue weighted by molar-refractivity contribution is 0.275. The van der Waals surface area contributed by atoms with Gasteiger partial charge in [0.25, 0.3) is 0 Å². The van der Waals surface area contributed by atoms with E-state index >= 15 is 0 Å². The standard InChI is InChI=1S/C9H14/c1-2-3-5-9-6-4-8(9)7-9/h2,8H,1,3-7H2. The van der Waals surface area contributed by atoms with Crippen molar-refractivity contribution in [3.8, 4) is 0 Å². The lowest BCUT2D eigenvalue weighted by Gasteiger charge is -2.24. The minimum atomic E-state index is 0.869. The summed E-state index contributed by atoms with van der Waals surface area (Å²) in [6.07, 6.45) is 9.32. The van der Waals surface area contributed by atoms with Crippen LogP contribution < -0.4 is 0 Å². The maximum atomic E-state index is 3.74. The molecule has 2 atom stereocenters. The van der Waals surface area contributed by atoms with E-state index in [-0.39, 0.29) is 0 Å². The maximum absolute atomic E-state index is 3.74. The van der Waals surface area contributed by atoms with Gasteiger partial charge in [-0.15, -0.1) is 6.58 Å². The van der Waals surface area contributed by atoms with Crippen LogP contribution in [0.1, 0.15) is 32.1 Å². The van der Waals surface area contributed by atoms with Crippen molar-refractivity contribution in [2.45, 2.75) is 32.1 Å². The van der Waals surface area contributed by atoms with Crippen LogP contribution in [0.2, 0.25) is 0 Å². The van der Waals surface area contributed by atoms with Crippen molar-refractivity contribution in [3.63, 3.8) is 0 Å². The molecule has 0 aliphatic heterocycles. The molecule has 0 amide bonds. The predicted octanol–water partition coefficient (Wildman–Crippen LogP) is 2.75. The number of allylic oxidation sites excluding steroid dienone is 1. The van der Waals surface area contributed by atoms with Gasteiger partial charge in [0.15, 0.2) is 0 Å². The highest BCUT2D eigenvalue weighted by atomic mass is 14.6. The summed E-state index contributed by atoms with van der Waals surface area (Å²) >= 11 is 0. The molecular formula is C9H14. The van der Waals surface area contributed by atoms with E-state index in [1.54, 1.807) is 6.42 Å². The summed E-state index contributed by atoms with van der Waals surface area (Å²) in [6, 6.07) is 0. The molecular weight excluding hydrogens is 108 g/mol. The Balaban J connectivity index is 1.80. The van der Waals surface area contributed by atoms with Crippen LogP contribution in [0.25, 0.3) is 0 Å². The molecule has 2 unspecified atom stereocenters. The molecule has 2 fully saturated rings. The molecule has 0 N–H and O–H groups in total. The SMILES string of the molecule is C=CCCC12CCC1C2. The molecule has 0 aromatic rings. The van der Waals surface area contributed by atoms with Gasteiger partial charge in [-0.2, -0.15) is 0 Å². The first-order valence-electron chi connectivity index (χ1n) is 3.98. The second-order valence-electron chi connectivity index (χ2n) is 3.63. The van der Waals surface area contributed by atoms with E-state index in [4.69, 9.17) is 0 Å². The van der Waals surface area contributed by atoms with Crippen molar-refractivity contribution in [3.05, 3.63) is 12.7 Å². The molecule has 0 heterocycles. The quantitative estimate of drug-likeness (QED) is 0.505. The first-order chi connectivity index (χ1) is 4.37. The molecule has 2 saturated carbocycles. The fraction of sp³-hybridized carbons (Fsp3) is 0.778. The summed E-state index contributed by atoms with van der Waals surface area (Å²) in [5.74, 6) is 1.15. The summed E-state index contributed by atoms with van der Waals surface area (Å²) < 4.78 is 0. The minimum Gasteiger partial charge on any atom is -0.103 e. The van der Waals surface area contributed by atoms with Gasteiger partial charge < -0.3 is 0 Å². The van der Waals surface area contributed by atoms with Gasteiger partial charge in [-0.1, -0.05) is 6.08 Å². The van der Waals surface area contributed by atoms with Crippen molar-refractivity contribution >= 4 is 0 Å². The fourth-order valence-electron chi connectivity index (χ4n) is 2.21. The van der Waals surface area contributed by atoms with Crippen LogP contribution in [0, 0.1) is 11.3 Å². The summed E-state index contributed by atoms with van der Waals surface area (Å²) in [5.41, 5.74) is 0.869. The highest BCUT2D eigenvalue weighted by molar-refractivity contribution is 5.10. The second-order valence-corrected chi connectivity index (χ2v) is 3.63.